The lowest BCUT2D eigenvalue weighted by molar-refractivity contribution is -0.163. The molecule has 1 aliphatic rings. The second-order valence-electron chi connectivity index (χ2n) is 6.49. The molecular formula is C18H20F3N3O3S. The van der Waals surface area contributed by atoms with Gasteiger partial charge in [-0.15, -0.1) is 11.3 Å². The van der Waals surface area contributed by atoms with Gasteiger partial charge in [-0.05, 0) is 23.6 Å². The molecule has 0 saturated carbocycles. The maximum Gasteiger partial charge on any atom is 0.406 e. The van der Waals surface area contributed by atoms with E-state index in [1.807, 2.05) is 5.38 Å². The molecule has 6 nitrogen and oxygen atoms in total. The van der Waals surface area contributed by atoms with Crippen LogP contribution in [0.3, 0.4) is 0 Å². The summed E-state index contributed by atoms with van der Waals surface area (Å²) in [5.41, 5.74) is 0. The molecule has 1 aliphatic heterocycles. The number of carbonyl (C=O) groups excluding carboxylic acids is 2. The van der Waals surface area contributed by atoms with Crippen molar-refractivity contribution in [3.8, 4) is 0 Å². The van der Waals surface area contributed by atoms with Gasteiger partial charge in [0.2, 0.25) is 5.91 Å². The van der Waals surface area contributed by atoms with Gasteiger partial charge in [-0.2, -0.15) is 13.2 Å². The molecule has 0 radical (unpaired) electrons. The van der Waals surface area contributed by atoms with E-state index in [9.17, 15) is 22.8 Å². The molecule has 0 unspecified atom stereocenters. The highest BCUT2D eigenvalue weighted by Gasteiger charge is 2.34. The summed E-state index contributed by atoms with van der Waals surface area (Å²) in [5.74, 6) is -0.381. The van der Waals surface area contributed by atoms with Crippen LogP contribution >= 0.6 is 11.3 Å². The van der Waals surface area contributed by atoms with Crippen LogP contribution in [0.5, 0.6) is 0 Å². The molecule has 152 valence electrons. The zero-order chi connectivity index (χ0) is 20.1. The van der Waals surface area contributed by atoms with Crippen LogP contribution in [-0.4, -0.2) is 72.0 Å². The van der Waals surface area contributed by atoms with Gasteiger partial charge in [0.15, 0.2) is 0 Å². The highest BCUT2D eigenvalue weighted by molar-refractivity contribution is 7.12. The largest absolute Gasteiger partial charge is 0.467 e. The van der Waals surface area contributed by atoms with Crippen LogP contribution < -0.4 is 0 Å². The Kier molecular flexibility index (Phi) is 6.40. The van der Waals surface area contributed by atoms with Crippen LogP contribution in [0.25, 0.3) is 0 Å². The highest BCUT2D eigenvalue weighted by atomic mass is 32.1. The Hall–Kier alpha value is -2.33. The second kappa shape index (κ2) is 8.78. The second-order valence-corrected chi connectivity index (χ2v) is 7.44. The number of halogens is 3. The van der Waals surface area contributed by atoms with Crippen LogP contribution in [0, 0.1) is 0 Å². The maximum absolute atomic E-state index is 12.9. The van der Waals surface area contributed by atoms with E-state index in [1.54, 1.807) is 28.0 Å². The number of hydrogen-bond donors (Lipinski definition) is 0. The molecular weight excluding hydrogens is 395 g/mol. The predicted molar refractivity (Wildman–Crippen MR) is 96.8 cm³/mol. The zero-order valence-corrected chi connectivity index (χ0v) is 15.8. The fraction of sp³-hybridized carbons (Fsp3) is 0.444. The first-order chi connectivity index (χ1) is 13.3. The minimum Gasteiger partial charge on any atom is -0.467 e. The molecule has 3 rings (SSSR count). The monoisotopic (exact) mass is 415 g/mol. The maximum atomic E-state index is 12.9. The number of carbonyl (C=O) groups is 2. The molecule has 0 bridgehead atoms. The Morgan fingerprint density at radius 1 is 1.14 bits per heavy atom. The van der Waals surface area contributed by atoms with E-state index in [0.29, 0.717) is 36.8 Å². The molecule has 2 amide bonds. The van der Waals surface area contributed by atoms with Crippen LogP contribution in [0.1, 0.15) is 15.4 Å². The number of amides is 2. The number of rotatable bonds is 6. The van der Waals surface area contributed by atoms with Crippen LogP contribution in [-0.2, 0) is 11.3 Å². The molecule has 10 heteroatoms. The van der Waals surface area contributed by atoms with E-state index in [-0.39, 0.29) is 19.0 Å². The molecule has 0 aliphatic carbocycles. The van der Waals surface area contributed by atoms with E-state index in [4.69, 9.17) is 4.42 Å². The van der Waals surface area contributed by atoms with Crippen molar-refractivity contribution < 1.29 is 27.2 Å². The van der Waals surface area contributed by atoms with Crippen LogP contribution in [0.2, 0.25) is 0 Å². The summed E-state index contributed by atoms with van der Waals surface area (Å²) in [6, 6.07) is 6.66. The predicted octanol–water partition coefficient (Wildman–Crippen LogP) is 2.69. The Balaban J connectivity index is 1.54. The SMILES string of the molecule is O=C(CN1CCN(C(=O)c2cccs2)CC1)N(Cc1ccco1)CC(F)(F)F. The van der Waals surface area contributed by atoms with E-state index in [1.165, 1.54) is 23.7 Å². The fourth-order valence-electron chi connectivity index (χ4n) is 3.00. The van der Waals surface area contributed by atoms with Gasteiger partial charge in [-0.25, -0.2) is 0 Å². The van der Waals surface area contributed by atoms with Gasteiger partial charge in [-0.1, -0.05) is 6.07 Å². The Labute approximate surface area is 164 Å². The first kappa shape index (κ1) is 20.4. The summed E-state index contributed by atoms with van der Waals surface area (Å²) in [4.78, 5) is 29.7. The summed E-state index contributed by atoms with van der Waals surface area (Å²) in [5, 5.41) is 1.83. The summed E-state index contributed by atoms with van der Waals surface area (Å²) in [7, 11) is 0. The van der Waals surface area contributed by atoms with Gasteiger partial charge in [0.25, 0.3) is 5.91 Å². The van der Waals surface area contributed by atoms with Crippen molar-refractivity contribution in [2.75, 3.05) is 39.3 Å². The summed E-state index contributed by atoms with van der Waals surface area (Å²) in [6.45, 7) is 0.0409. The smallest absolute Gasteiger partial charge is 0.406 e. The number of piperazine rings is 1. The quantitative estimate of drug-likeness (QED) is 0.728. The molecule has 2 aromatic heterocycles. The first-order valence-electron chi connectivity index (χ1n) is 8.74. The lowest BCUT2D eigenvalue weighted by Gasteiger charge is -2.35. The number of thiophene rings is 1. The summed E-state index contributed by atoms with van der Waals surface area (Å²) in [6.07, 6.45) is -3.14. The molecule has 1 fully saturated rings. The number of alkyl halides is 3. The average molecular weight is 415 g/mol. The number of hydrogen-bond acceptors (Lipinski definition) is 5. The normalized spacial score (nSPS) is 15.6. The summed E-state index contributed by atoms with van der Waals surface area (Å²) >= 11 is 1.37. The van der Waals surface area contributed by atoms with Crippen LogP contribution in [0.15, 0.2) is 40.3 Å². The van der Waals surface area contributed by atoms with Gasteiger partial charge in [0.05, 0.1) is 24.2 Å². The van der Waals surface area contributed by atoms with Gasteiger partial charge < -0.3 is 14.2 Å². The van der Waals surface area contributed by atoms with Gasteiger partial charge in [0.1, 0.15) is 12.3 Å². The molecule has 0 spiro atoms. The lowest BCUT2D eigenvalue weighted by Crippen LogP contribution is -2.52. The van der Waals surface area contributed by atoms with E-state index < -0.39 is 18.6 Å². The average Bonchev–Trinajstić information content (AvgIpc) is 3.34. The minimum atomic E-state index is -4.49. The van der Waals surface area contributed by atoms with Gasteiger partial charge in [0, 0.05) is 26.2 Å². The molecule has 1 saturated heterocycles. The Bertz CT molecular complexity index is 770. The highest BCUT2D eigenvalue weighted by Crippen LogP contribution is 2.19. The standard InChI is InChI=1S/C18H20F3N3O3S/c19-18(20,21)13-24(11-14-3-1-9-27-14)16(25)12-22-5-7-23(8-6-22)17(26)15-4-2-10-28-15/h1-4,9-10H,5-8,11-13H2. The van der Waals surface area contributed by atoms with Crippen molar-refractivity contribution in [1.82, 2.24) is 14.7 Å². The van der Waals surface area contributed by atoms with Gasteiger partial charge >= 0.3 is 6.18 Å². The molecule has 0 N–H and O–H groups in total. The lowest BCUT2D eigenvalue weighted by atomic mass is 10.2. The van der Waals surface area contributed by atoms with E-state index in [0.717, 1.165) is 4.90 Å². The summed E-state index contributed by atoms with van der Waals surface area (Å²) < 4.78 is 43.7. The molecule has 28 heavy (non-hydrogen) atoms. The third-order valence-electron chi connectivity index (χ3n) is 4.40. The molecule has 0 aromatic carbocycles. The minimum absolute atomic E-state index is 0.0579. The fourth-order valence-corrected chi connectivity index (χ4v) is 3.69. The van der Waals surface area contributed by atoms with Crippen molar-refractivity contribution in [2.24, 2.45) is 0 Å². The van der Waals surface area contributed by atoms with Crippen molar-refractivity contribution in [3.05, 3.63) is 46.5 Å². The third kappa shape index (κ3) is 5.59. The van der Waals surface area contributed by atoms with E-state index in [2.05, 4.69) is 0 Å². The van der Waals surface area contributed by atoms with Crippen molar-refractivity contribution in [1.29, 1.82) is 0 Å². The number of furan rings is 1. The van der Waals surface area contributed by atoms with Crippen molar-refractivity contribution in [3.63, 3.8) is 0 Å². The molecule has 3 heterocycles. The molecule has 2 aromatic rings. The van der Waals surface area contributed by atoms with E-state index >= 15 is 0 Å². The van der Waals surface area contributed by atoms with Crippen molar-refractivity contribution in [2.45, 2.75) is 12.7 Å². The Morgan fingerprint density at radius 3 is 2.46 bits per heavy atom. The Morgan fingerprint density at radius 2 is 1.89 bits per heavy atom. The third-order valence-corrected chi connectivity index (χ3v) is 5.26. The van der Waals surface area contributed by atoms with Gasteiger partial charge in [-0.3, -0.25) is 14.5 Å². The van der Waals surface area contributed by atoms with Crippen molar-refractivity contribution >= 4 is 23.2 Å². The topological polar surface area (TPSA) is 57.0 Å². The number of nitrogens with zero attached hydrogens (tertiary/aromatic N) is 3. The molecule has 0 atom stereocenters. The zero-order valence-electron chi connectivity index (χ0n) is 15.0. The first-order valence-corrected chi connectivity index (χ1v) is 9.62. The van der Waals surface area contributed by atoms with Crippen LogP contribution in [0.4, 0.5) is 13.2 Å².